The SMILES string of the molecule is Cc1c(Oc2ccc(S(C)(=O)=O)cc2F)ncnc1OC1(CC(C)[O])CCNCC1. The second kappa shape index (κ2) is 8.83. The number of rotatable bonds is 7. The Hall–Kier alpha value is -2.30. The van der Waals surface area contributed by atoms with Crippen molar-refractivity contribution in [3.05, 3.63) is 35.9 Å². The first-order chi connectivity index (χ1) is 14.1. The van der Waals surface area contributed by atoms with Crippen LogP contribution in [0.3, 0.4) is 0 Å². The molecule has 1 atom stereocenters. The first kappa shape index (κ1) is 22.4. The number of nitrogens with zero attached hydrogens (tertiary/aromatic N) is 2. The topological polar surface area (TPSA) is 110 Å². The van der Waals surface area contributed by atoms with Crippen molar-refractivity contribution in [1.82, 2.24) is 15.3 Å². The highest BCUT2D eigenvalue weighted by molar-refractivity contribution is 7.90. The summed E-state index contributed by atoms with van der Waals surface area (Å²) < 4.78 is 49.3. The second-order valence-electron chi connectivity index (χ2n) is 7.63. The Kier molecular flexibility index (Phi) is 6.59. The number of hydrogen-bond acceptors (Lipinski definition) is 7. The van der Waals surface area contributed by atoms with E-state index in [1.165, 1.54) is 18.5 Å². The van der Waals surface area contributed by atoms with Crippen LogP contribution in [-0.4, -0.2) is 49.4 Å². The zero-order chi connectivity index (χ0) is 21.9. The molecule has 0 spiro atoms. The third-order valence-electron chi connectivity index (χ3n) is 5.02. The summed E-state index contributed by atoms with van der Waals surface area (Å²) in [7, 11) is -3.53. The molecule has 1 radical (unpaired) electrons. The molecule has 1 aliphatic heterocycles. The van der Waals surface area contributed by atoms with E-state index < -0.39 is 27.4 Å². The van der Waals surface area contributed by atoms with Crippen molar-refractivity contribution in [2.75, 3.05) is 19.3 Å². The maximum absolute atomic E-state index is 14.4. The van der Waals surface area contributed by atoms with Gasteiger partial charge in [-0.15, -0.1) is 0 Å². The minimum absolute atomic E-state index is 0.0882. The zero-order valence-corrected chi connectivity index (χ0v) is 18.0. The van der Waals surface area contributed by atoms with Crippen molar-refractivity contribution in [3.63, 3.8) is 0 Å². The maximum atomic E-state index is 14.4. The molecule has 8 nitrogen and oxygen atoms in total. The molecule has 10 heteroatoms. The van der Waals surface area contributed by atoms with Crippen molar-refractivity contribution >= 4 is 9.84 Å². The highest BCUT2D eigenvalue weighted by Crippen LogP contribution is 2.35. The van der Waals surface area contributed by atoms with Crippen LogP contribution >= 0.6 is 0 Å². The number of ether oxygens (including phenoxy) is 2. The number of nitrogens with one attached hydrogen (secondary N) is 1. The normalized spacial score (nSPS) is 17.4. The van der Waals surface area contributed by atoms with Gasteiger partial charge in [0.15, 0.2) is 21.4 Å². The Balaban J connectivity index is 1.86. The number of sulfone groups is 1. The summed E-state index contributed by atoms with van der Waals surface area (Å²) in [5.74, 6) is -0.630. The molecule has 1 aliphatic rings. The van der Waals surface area contributed by atoms with Gasteiger partial charge in [0.1, 0.15) is 11.9 Å². The Bertz CT molecular complexity index is 1010. The van der Waals surface area contributed by atoms with E-state index in [0.717, 1.165) is 25.4 Å². The van der Waals surface area contributed by atoms with Crippen LogP contribution in [0.4, 0.5) is 4.39 Å². The van der Waals surface area contributed by atoms with Crippen LogP contribution in [-0.2, 0) is 14.9 Å². The van der Waals surface area contributed by atoms with Gasteiger partial charge in [0, 0.05) is 12.7 Å². The Morgan fingerprint density at radius 3 is 2.50 bits per heavy atom. The van der Waals surface area contributed by atoms with Gasteiger partial charge in [0.25, 0.3) is 0 Å². The van der Waals surface area contributed by atoms with Crippen LogP contribution in [0.15, 0.2) is 29.4 Å². The molecule has 2 heterocycles. The monoisotopic (exact) mass is 438 g/mol. The summed E-state index contributed by atoms with van der Waals surface area (Å²) in [4.78, 5) is 8.09. The van der Waals surface area contributed by atoms with Crippen LogP contribution in [0.1, 0.15) is 31.7 Å². The van der Waals surface area contributed by atoms with Gasteiger partial charge in [0.05, 0.1) is 16.6 Å². The fraction of sp³-hybridized carbons (Fsp3) is 0.500. The summed E-state index contributed by atoms with van der Waals surface area (Å²) in [5.41, 5.74) is -0.175. The largest absolute Gasteiger partial charge is 0.470 e. The molecular weight excluding hydrogens is 413 g/mol. The third kappa shape index (κ3) is 5.24. The highest BCUT2D eigenvalue weighted by atomic mass is 32.2. The van der Waals surface area contributed by atoms with Crippen LogP contribution in [0, 0.1) is 12.7 Å². The van der Waals surface area contributed by atoms with Gasteiger partial charge in [-0.1, -0.05) is 0 Å². The quantitative estimate of drug-likeness (QED) is 0.708. The number of piperidine rings is 1. The lowest BCUT2D eigenvalue weighted by molar-refractivity contribution is -0.0290. The average molecular weight is 439 g/mol. The summed E-state index contributed by atoms with van der Waals surface area (Å²) in [5, 5.41) is 15.1. The first-order valence-electron chi connectivity index (χ1n) is 9.64. The molecule has 1 fully saturated rings. The van der Waals surface area contributed by atoms with E-state index in [1.807, 2.05) is 0 Å². The molecule has 0 saturated carbocycles. The van der Waals surface area contributed by atoms with Crippen molar-refractivity contribution in [1.29, 1.82) is 0 Å². The van der Waals surface area contributed by atoms with Gasteiger partial charge in [-0.2, -0.15) is 0 Å². The van der Waals surface area contributed by atoms with Gasteiger partial charge >= 0.3 is 0 Å². The second-order valence-corrected chi connectivity index (χ2v) is 9.64. The number of benzene rings is 1. The van der Waals surface area contributed by atoms with Crippen LogP contribution in [0.5, 0.6) is 17.5 Å². The lowest BCUT2D eigenvalue weighted by Gasteiger charge is -2.38. The van der Waals surface area contributed by atoms with Gasteiger partial charge in [0.2, 0.25) is 11.8 Å². The lowest BCUT2D eigenvalue weighted by atomic mass is 9.86. The summed E-state index contributed by atoms with van der Waals surface area (Å²) >= 11 is 0. The first-order valence-corrected chi connectivity index (χ1v) is 11.5. The van der Waals surface area contributed by atoms with Crippen molar-refractivity contribution in [3.8, 4) is 17.5 Å². The fourth-order valence-electron chi connectivity index (χ4n) is 3.48. The molecule has 1 aromatic heterocycles. The van der Waals surface area contributed by atoms with Gasteiger partial charge in [-0.25, -0.2) is 27.9 Å². The summed E-state index contributed by atoms with van der Waals surface area (Å²) in [6.45, 7) is 4.76. The molecule has 163 valence electrons. The zero-order valence-electron chi connectivity index (χ0n) is 17.1. The molecular formula is C20H25FN3O5S. The van der Waals surface area contributed by atoms with E-state index in [4.69, 9.17) is 9.47 Å². The lowest BCUT2D eigenvalue weighted by Crippen LogP contribution is -2.48. The number of aromatic nitrogens is 2. The Morgan fingerprint density at radius 2 is 1.90 bits per heavy atom. The smallest absolute Gasteiger partial charge is 0.229 e. The van der Waals surface area contributed by atoms with Gasteiger partial charge in [-0.05, 0) is 58.0 Å². The molecule has 0 bridgehead atoms. The summed E-state index contributed by atoms with van der Waals surface area (Å²) in [6, 6.07) is 3.40. The molecule has 30 heavy (non-hydrogen) atoms. The van der Waals surface area contributed by atoms with E-state index >= 15 is 0 Å². The van der Waals surface area contributed by atoms with E-state index in [9.17, 15) is 17.9 Å². The van der Waals surface area contributed by atoms with E-state index in [0.29, 0.717) is 24.8 Å². The van der Waals surface area contributed by atoms with Gasteiger partial charge < -0.3 is 14.8 Å². The minimum atomic E-state index is -3.53. The molecule has 0 amide bonds. The Morgan fingerprint density at radius 1 is 1.23 bits per heavy atom. The van der Waals surface area contributed by atoms with Crippen LogP contribution in [0.2, 0.25) is 0 Å². The molecule has 1 unspecified atom stereocenters. The number of halogens is 1. The number of hydrogen-bond donors (Lipinski definition) is 1. The highest BCUT2D eigenvalue weighted by Gasteiger charge is 2.37. The molecule has 3 rings (SSSR count). The van der Waals surface area contributed by atoms with E-state index in [-0.39, 0.29) is 22.4 Å². The molecule has 2 aromatic rings. The van der Waals surface area contributed by atoms with E-state index in [1.54, 1.807) is 13.8 Å². The predicted molar refractivity (Wildman–Crippen MR) is 107 cm³/mol. The molecule has 1 saturated heterocycles. The molecule has 1 N–H and O–H groups in total. The standard InChI is InChI=1S/C20H25FN3O5S/c1-13(25)11-20(6-8-22-9-7-20)29-19-14(2)18(23-12-24-19)28-17-5-4-15(10-16(17)21)30(3,26)27/h4-5,10,12-13,22H,6-9,11H2,1-3H3. The van der Waals surface area contributed by atoms with Gasteiger partial charge in [-0.3, -0.25) is 0 Å². The maximum Gasteiger partial charge on any atom is 0.229 e. The summed E-state index contributed by atoms with van der Waals surface area (Å²) in [6.07, 6.45) is 3.14. The molecule has 0 aliphatic carbocycles. The van der Waals surface area contributed by atoms with Crippen molar-refractivity contribution in [2.45, 2.75) is 49.7 Å². The third-order valence-corrected chi connectivity index (χ3v) is 6.13. The average Bonchev–Trinajstić information content (AvgIpc) is 2.65. The fourth-order valence-corrected chi connectivity index (χ4v) is 4.12. The minimum Gasteiger partial charge on any atom is -0.470 e. The van der Waals surface area contributed by atoms with E-state index in [2.05, 4.69) is 15.3 Å². The predicted octanol–water partition coefficient (Wildman–Crippen LogP) is 2.83. The Labute approximate surface area is 175 Å². The van der Waals surface area contributed by atoms with Crippen molar-refractivity contribution in [2.24, 2.45) is 0 Å². The van der Waals surface area contributed by atoms with Crippen molar-refractivity contribution < 1.29 is 27.4 Å². The van der Waals surface area contributed by atoms with Crippen LogP contribution in [0.25, 0.3) is 0 Å². The van der Waals surface area contributed by atoms with Crippen LogP contribution < -0.4 is 14.8 Å². The molecule has 1 aromatic carbocycles.